The molecule has 0 aliphatic heterocycles. The first kappa shape index (κ1) is 29.9. The average molecular weight is 671 g/mol. The standard InChI is InChI=1S/C25H31IN6O4S2/c1-17-15-23(21-16-18(26)5-10-22(21)30-17)28-12-14-32(13-4-11-29-25(37-3)31-24(27)33)38(34,35)20-8-6-19(36-2)7-9-20/h5-10,15-16H,4,11-14H2,1-3H3,(H,28,30)(H3,27,29,31,33). The number of amides is 2. The van der Waals surface area contributed by atoms with Crippen molar-refractivity contribution >= 4 is 72.2 Å². The molecular weight excluding hydrogens is 639 g/mol. The molecule has 1 aromatic heterocycles. The minimum absolute atomic E-state index is 0.186. The molecule has 0 saturated carbocycles. The Morgan fingerprint density at radius 2 is 1.89 bits per heavy atom. The van der Waals surface area contributed by atoms with Gasteiger partial charge in [0.05, 0.1) is 17.5 Å². The number of hydrogen-bond acceptors (Lipinski definition) is 7. The van der Waals surface area contributed by atoms with E-state index < -0.39 is 16.1 Å². The van der Waals surface area contributed by atoms with Gasteiger partial charge in [0.15, 0.2) is 5.17 Å². The highest BCUT2D eigenvalue weighted by molar-refractivity contribution is 14.1. The van der Waals surface area contributed by atoms with Crippen LogP contribution in [-0.4, -0.2) is 68.5 Å². The third-order valence-corrected chi connectivity index (χ3v) is 8.74. The van der Waals surface area contributed by atoms with Crippen molar-refractivity contribution in [2.45, 2.75) is 18.2 Å². The number of aromatic nitrogens is 1. The van der Waals surface area contributed by atoms with Gasteiger partial charge in [-0.05, 0) is 90.7 Å². The van der Waals surface area contributed by atoms with Gasteiger partial charge in [0, 0.05) is 46.5 Å². The number of aliphatic imine (C=N–C) groups is 1. The highest BCUT2D eigenvalue weighted by Crippen LogP contribution is 2.25. The summed E-state index contributed by atoms with van der Waals surface area (Å²) in [6.45, 7) is 3.25. The van der Waals surface area contributed by atoms with Gasteiger partial charge in [-0.25, -0.2) is 13.2 Å². The minimum Gasteiger partial charge on any atom is -0.497 e. The summed E-state index contributed by atoms with van der Waals surface area (Å²) in [6.07, 6.45) is 2.26. The van der Waals surface area contributed by atoms with Crippen molar-refractivity contribution in [3.8, 4) is 5.75 Å². The topological polar surface area (TPSA) is 139 Å². The molecule has 0 bridgehead atoms. The number of aryl methyl sites for hydroxylation is 1. The number of nitrogens with one attached hydrogen (secondary N) is 2. The van der Waals surface area contributed by atoms with Crippen LogP contribution >= 0.6 is 34.4 Å². The molecule has 0 saturated heterocycles. The zero-order valence-corrected chi connectivity index (χ0v) is 25.2. The van der Waals surface area contributed by atoms with Crippen LogP contribution in [0.3, 0.4) is 0 Å². The number of methoxy groups -OCH3 is 1. The number of urea groups is 1. The third kappa shape index (κ3) is 8.19. The summed E-state index contributed by atoms with van der Waals surface area (Å²) in [5.41, 5.74) is 7.79. The molecule has 0 fully saturated rings. The number of hydrogen-bond donors (Lipinski definition) is 3. The van der Waals surface area contributed by atoms with Crippen molar-refractivity contribution in [2.75, 3.05) is 44.9 Å². The normalized spacial score (nSPS) is 12.1. The molecular formula is C25H31IN6O4S2. The summed E-state index contributed by atoms with van der Waals surface area (Å²) in [6, 6.07) is 13.6. The Bertz CT molecular complexity index is 1400. The Morgan fingerprint density at radius 1 is 1.16 bits per heavy atom. The van der Waals surface area contributed by atoms with Gasteiger partial charge in [-0.15, -0.1) is 0 Å². The van der Waals surface area contributed by atoms with Gasteiger partial charge in [-0.2, -0.15) is 9.30 Å². The van der Waals surface area contributed by atoms with E-state index in [1.807, 2.05) is 25.1 Å². The molecule has 1 heterocycles. The fourth-order valence-corrected chi connectivity index (χ4v) is 6.15. The number of sulfonamides is 1. The van der Waals surface area contributed by atoms with Gasteiger partial charge in [0.1, 0.15) is 5.75 Å². The number of pyridine rings is 1. The second kappa shape index (κ2) is 14.0. The van der Waals surface area contributed by atoms with Crippen LogP contribution in [0.15, 0.2) is 58.4 Å². The van der Waals surface area contributed by atoms with Gasteiger partial charge < -0.3 is 21.1 Å². The molecule has 38 heavy (non-hydrogen) atoms. The number of nitrogens with two attached hydrogens (primary N) is 1. The Hall–Kier alpha value is -2.62. The number of ether oxygens (including phenoxy) is 1. The van der Waals surface area contributed by atoms with Crippen LogP contribution in [0.2, 0.25) is 0 Å². The largest absolute Gasteiger partial charge is 0.497 e. The molecule has 2 aromatic carbocycles. The number of carbonyl (C=O) groups excluding carboxylic acids is 1. The molecule has 10 nitrogen and oxygen atoms in total. The lowest BCUT2D eigenvalue weighted by molar-refractivity contribution is 0.256. The summed E-state index contributed by atoms with van der Waals surface area (Å²) in [4.78, 5) is 19.5. The van der Waals surface area contributed by atoms with Crippen LogP contribution in [0.4, 0.5) is 10.5 Å². The highest BCUT2D eigenvalue weighted by atomic mass is 127. The Morgan fingerprint density at radius 3 is 2.55 bits per heavy atom. The van der Waals surface area contributed by atoms with Crippen LogP contribution in [0, 0.1) is 10.5 Å². The number of benzene rings is 2. The van der Waals surface area contributed by atoms with Crippen LogP contribution in [-0.2, 0) is 10.0 Å². The molecule has 0 unspecified atom stereocenters. The number of rotatable bonds is 11. The van der Waals surface area contributed by atoms with Crippen LogP contribution < -0.4 is 21.1 Å². The quantitative estimate of drug-likeness (QED) is 0.120. The number of carbonyl (C=O) groups is 1. The first-order valence-electron chi connectivity index (χ1n) is 11.7. The molecule has 0 atom stereocenters. The van der Waals surface area contributed by atoms with Crippen molar-refractivity contribution in [3.63, 3.8) is 0 Å². The van der Waals surface area contributed by atoms with Gasteiger partial charge >= 0.3 is 6.03 Å². The van der Waals surface area contributed by atoms with E-state index in [2.05, 4.69) is 49.3 Å². The predicted octanol–water partition coefficient (Wildman–Crippen LogP) is 4.04. The smallest absolute Gasteiger partial charge is 0.340 e. The summed E-state index contributed by atoms with van der Waals surface area (Å²) in [5.74, 6) is 0.578. The van der Waals surface area contributed by atoms with E-state index in [9.17, 15) is 13.2 Å². The van der Waals surface area contributed by atoms with E-state index in [0.717, 1.165) is 25.9 Å². The molecule has 0 aliphatic carbocycles. The van der Waals surface area contributed by atoms with Crippen LogP contribution in [0.25, 0.3) is 10.9 Å². The maximum atomic E-state index is 13.6. The summed E-state index contributed by atoms with van der Waals surface area (Å²) in [7, 11) is -2.24. The molecule has 0 radical (unpaired) electrons. The first-order chi connectivity index (χ1) is 18.1. The van der Waals surface area contributed by atoms with E-state index >= 15 is 0 Å². The van der Waals surface area contributed by atoms with Crippen molar-refractivity contribution in [3.05, 3.63) is 57.8 Å². The van der Waals surface area contributed by atoms with E-state index in [0.29, 0.717) is 30.4 Å². The predicted molar refractivity (Wildman–Crippen MR) is 163 cm³/mol. The Labute approximate surface area is 241 Å². The number of halogens is 1. The number of amidine groups is 1. The lowest BCUT2D eigenvalue weighted by atomic mass is 10.1. The second-order valence-electron chi connectivity index (χ2n) is 8.22. The second-order valence-corrected chi connectivity index (χ2v) is 12.2. The van der Waals surface area contributed by atoms with Crippen LogP contribution in [0.1, 0.15) is 12.1 Å². The lowest BCUT2D eigenvalue weighted by Crippen LogP contribution is -2.37. The molecule has 0 spiro atoms. The third-order valence-electron chi connectivity index (χ3n) is 5.54. The van der Waals surface area contributed by atoms with Crippen molar-refractivity contribution in [1.82, 2.24) is 14.6 Å². The number of primary amides is 1. The molecule has 3 rings (SSSR count). The zero-order valence-electron chi connectivity index (χ0n) is 21.4. The number of nitrogens with zero attached hydrogens (tertiary/aromatic N) is 3. The molecule has 2 amide bonds. The molecule has 3 aromatic rings. The van der Waals surface area contributed by atoms with Crippen molar-refractivity contribution < 1.29 is 17.9 Å². The summed E-state index contributed by atoms with van der Waals surface area (Å²) in [5, 5.41) is 7.80. The average Bonchev–Trinajstić information content (AvgIpc) is 2.89. The summed E-state index contributed by atoms with van der Waals surface area (Å²) < 4.78 is 34.8. The molecule has 204 valence electrons. The highest BCUT2D eigenvalue weighted by Gasteiger charge is 2.24. The monoisotopic (exact) mass is 670 g/mol. The van der Waals surface area contributed by atoms with Crippen LogP contribution in [0.5, 0.6) is 5.75 Å². The fraction of sp³-hybridized carbons (Fsp3) is 0.320. The van der Waals surface area contributed by atoms with E-state index in [-0.39, 0.29) is 18.0 Å². The number of anilines is 1. The minimum atomic E-state index is -3.78. The molecule has 13 heteroatoms. The first-order valence-corrected chi connectivity index (χ1v) is 15.5. The molecule has 4 N–H and O–H groups in total. The SMILES string of the molecule is COc1ccc(S(=O)(=O)N(CCCN/C(=N/C(N)=O)SC)CCNc2cc(C)nc3ccc(I)cc23)cc1. The molecule has 0 aliphatic rings. The lowest BCUT2D eigenvalue weighted by Gasteiger charge is -2.23. The fourth-order valence-electron chi connectivity index (χ4n) is 3.75. The van der Waals surface area contributed by atoms with Gasteiger partial charge in [-0.3, -0.25) is 4.98 Å². The Balaban J connectivity index is 1.76. The van der Waals surface area contributed by atoms with Gasteiger partial charge in [0.25, 0.3) is 0 Å². The van der Waals surface area contributed by atoms with Crippen molar-refractivity contribution in [2.24, 2.45) is 10.7 Å². The zero-order chi connectivity index (χ0) is 27.7. The summed E-state index contributed by atoms with van der Waals surface area (Å²) >= 11 is 3.52. The maximum Gasteiger partial charge on any atom is 0.340 e. The van der Waals surface area contributed by atoms with E-state index in [4.69, 9.17) is 10.5 Å². The van der Waals surface area contributed by atoms with Gasteiger partial charge in [0.2, 0.25) is 10.0 Å². The van der Waals surface area contributed by atoms with E-state index in [1.54, 1.807) is 30.5 Å². The number of fused-ring (bicyclic) bond motifs is 1. The Kier molecular flexibility index (Phi) is 11.0. The van der Waals surface area contributed by atoms with E-state index in [1.165, 1.54) is 23.2 Å². The van der Waals surface area contributed by atoms with Crippen molar-refractivity contribution in [1.29, 1.82) is 0 Å². The maximum absolute atomic E-state index is 13.6. The van der Waals surface area contributed by atoms with Gasteiger partial charge in [-0.1, -0.05) is 11.8 Å². The number of thioether (sulfide) groups is 1.